The highest BCUT2D eigenvalue weighted by Gasteiger charge is 2.26. The van der Waals surface area contributed by atoms with Gasteiger partial charge in [0, 0.05) is 45.0 Å². The van der Waals surface area contributed by atoms with Crippen LogP contribution in [0, 0.1) is 0 Å². The Labute approximate surface area is 191 Å². The van der Waals surface area contributed by atoms with E-state index in [-0.39, 0.29) is 0 Å². The number of hydrogen-bond acceptors (Lipinski definition) is 6. The van der Waals surface area contributed by atoms with Crippen molar-refractivity contribution >= 4 is 40.5 Å². The van der Waals surface area contributed by atoms with Crippen molar-refractivity contribution in [2.75, 3.05) is 31.1 Å². The first kappa shape index (κ1) is 21.5. The summed E-state index contributed by atoms with van der Waals surface area (Å²) in [5.41, 5.74) is 8.09. The number of piperidine rings is 1. The van der Waals surface area contributed by atoms with Crippen LogP contribution in [-0.4, -0.2) is 47.1 Å². The van der Waals surface area contributed by atoms with Crippen molar-refractivity contribution in [1.29, 1.82) is 0 Å². The Morgan fingerprint density at radius 1 is 1.13 bits per heavy atom. The van der Waals surface area contributed by atoms with Gasteiger partial charge in [-0.15, -0.1) is 11.3 Å². The zero-order valence-electron chi connectivity index (χ0n) is 16.7. The summed E-state index contributed by atoms with van der Waals surface area (Å²) in [5.74, 6) is 0.772. The summed E-state index contributed by atoms with van der Waals surface area (Å²) < 4.78 is 0. The van der Waals surface area contributed by atoms with Gasteiger partial charge in [0.1, 0.15) is 0 Å². The van der Waals surface area contributed by atoms with E-state index in [1.165, 1.54) is 5.56 Å². The maximum atomic E-state index is 6.17. The molecule has 0 unspecified atom stereocenters. The molecule has 0 atom stereocenters. The molecule has 1 fully saturated rings. The Morgan fingerprint density at radius 2 is 1.97 bits per heavy atom. The number of likely N-dealkylation sites (tertiary alicyclic amines) is 1. The summed E-state index contributed by atoms with van der Waals surface area (Å²) in [6, 6.07) is 12.4. The first-order valence-corrected chi connectivity index (χ1v) is 11.8. The Kier molecular flexibility index (Phi) is 7.23. The van der Waals surface area contributed by atoms with Crippen LogP contribution >= 0.6 is 34.5 Å². The van der Waals surface area contributed by atoms with Crippen molar-refractivity contribution in [3.63, 3.8) is 0 Å². The minimum atomic E-state index is 0.386. The first-order valence-electron chi connectivity index (χ1n) is 10.1. The van der Waals surface area contributed by atoms with Gasteiger partial charge in [-0.05, 0) is 48.1 Å². The van der Waals surface area contributed by atoms with E-state index in [2.05, 4.69) is 26.2 Å². The Bertz CT molecular complexity index is 958. The highest BCUT2D eigenvalue weighted by atomic mass is 35.5. The fourth-order valence-electron chi connectivity index (χ4n) is 3.92. The average Bonchev–Trinajstić information content (AvgIpc) is 3.31. The third kappa shape index (κ3) is 5.13. The molecule has 3 heterocycles. The van der Waals surface area contributed by atoms with E-state index < -0.39 is 0 Å². The maximum Gasteiger partial charge on any atom is 0.226 e. The monoisotopic (exact) mass is 461 g/mol. The van der Waals surface area contributed by atoms with Gasteiger partial charge in [0.25, 0.3) is 0 Å². The molecule has 0 spiro atoms. The number of rotatable bonds is 7. The molecule has 0 saturated carbocycles. The van der Waals surface area contributed by atoms with E-state index in [4.69, 9.17) is 33.9 Å². The lowest BCUT2D eigenvalue weighted by atomic mass is 10.0. The Hall–Kier alpha value is -1.70. The van der Waals surface area contributed by atoms with Crippen molar-refractivity contribution in [2.45, 2.75) is 25.4 Å². The zero-order chi connectivity index (χ0) is 20.9. The molecule has 0 bridgehead atoms. The lowest BCUT2D eigenvalue weighted by molar-refractivity contribution is 0.201. The molecule has 1 saturated heterocycles. The predicted octanol–water partition coefficient (Wildman–Crippen LogP) is 4.94. The number of hydrogen-bond donors (Lipinski definition) is 1. The van der Waals surface area contributed by atoms with Gasteiger partial charge in [-0.2, -0.15) is 0 Å². The second-order valence-corrected chi connectivity index (χ2v) is 9.22. The van der Waals surface area contributed by atoms with E-state index in [0.29, 0.717) is 22.6 Å². The molecule has 30 heavy (non-hydrogen) atoms. The minimum absolute atomic E-state index is 0.386. The van der Waals surface area contributed by atoms with Gasteiger partial charge < -0.3 is 10.6 Å². The molecule has 2 N–H and O–H groups in total. The van der Waals surface area contributed by atoms with E-state index in [9.17, 15) is 0 Å². The molecular formula is C22H25Cl2N5S. The minimum Gasteiger partial charge on any atom is -0.336 e. The molecule has 1 aliphatic heterocycles. The summed E-state index contributed by atoms with van der Waals surface area (Å²) in [6.45, 7) is 4.24. The molecule has 4 rings (SSSR count). The van der Waals surface area contributed by atoms with Crippen LogP contribution in [0.2, 0.25) is 10.0 Å². The molecule has 158 valence electrons. The lowest BCUT2D eigenvalue weighted by Gasteiger charge is -2.38. The van der Waals surface area contributed by atoms with E-state index in [0.717, 1.165) is 55.5 Å². The number of benzene rings is 1. The smallest absolute Gasteiger partial charge is 0.226 e. The summed E-state index contributed by atoms with van der Waals surface area (Å²) in [5, 5.41) is 3.28. The van der Waals surface area contributed by atoms with Gasteiger partial charge in [0.2, 0.25) is 5.95 Å². The van der Waals surface area contributed by atoms with Crippen LogP contribution in [0.15, 0.2) is 48.0 Å². The van der Waals surface area contributed by atoms with Crippen LogP contribution in [0.25, 0.3) is 10.6 Å². The molecule has 0 amide bonds. The fourth-order valence-corrected chi connectivity index (χ4v) is 4.93. The Balaban J connectivity index is 1.42. The van der Waals surface area contributed by atoms with Crippen molar-refractivity contribution in [3.8, 4) is 10.6 Å². The molecular weight excluding hydrogens is 437 g/mol. The molecule has 2 aromatic heterocycles. The van der Waals surface area contributed by atoms with Crippen LogP contribution in [-0.2, 0) is 6.54 Å². The number of aromatic nitrogens is 2. The molecule has 0 aliphatic carbocycles. The fraction of sp³-hybridized carbons (Fsp3) is 0.364. The van der Waals surface area contributed by atoms with Crippen molar-refractivity contribution in [1.82, 2.24) is 14.9 Å². The summed E-state index contributed by atoms with van der Waals surface area (Å²) in [4.78, 5) is 15.3. The normalized spacial score (nSPS) is 15.4. The van der Waals surface area contributed by atoms with E-state index in [1.54, 1.807) is 11.3 Å². The number of nitrogens with two attached hydrogens (primary N) is 1. The number of nitrogens with zero attached hydrogens (tertiary/aromatic N) is 4. The van der Waals surface area contributed by atoms with Crippen molar-refractivity contribution in [3.05, 3.63) is 63.6 Å². The number of anilines is 1. The van der Waals surface area contributed by atoms with Crippen LogP contribution in [0.4, 0.5) is 5.95 Å². The van der Waals surface area contributed by atoms with Crippen LogP contribution in [0.1, 0.15) is 18.4 Å². The average molecular weight is 462 g/mol. The van der Waals surface area contributed by atoms with Crippen LogP contribution < -0.4 is 10.6 Å². The standard InChI is InChI=1S/C22H25Cl2N5S/c23-18-4-3-16(14-19(18)24)15-28-10-6-17(7-11-28)29(12-8-25)22-26-9-5-20(27-22)21-2-1-13-30-21/h1-5,9,13-14,17H,6-8,10-12,15,25H2. The molecule has 1 aliphatic rings. The predicted molar refractivity (Wildman–Crippen MR) is 127 cm³/mol. The van der Waals surface area contributed by atoms with Crippen LogP contribution in [0.5, 0.6) is 0 Å². The second kappa shape index (κ2) is 10.1. The second-order valence-electron chi connectivity index (χ2n) is 7.46. The zero-order valence-corrected chi connectivity index (χ0v) is 19.0. The highest BCUT2D eigenvalue weighted by molar-refractivity contribution is 7.13. The lowest BCUT2D eigenvalue weighted by Crippen LogP contribution is -2.47. The summed E-state index contributed by atoms with van der Waals surface area (Å²) in [6.07, 6.45) is 3.95. The number of thiophene rings is 1. The van der Waals surface area contributed by atoms with Gasteiger partial charge in [-0.1, -0.05) is 35.3 Å². The van der Waals surface area contributed by atoms with Crippen LogP contribution in [0.3, 0.4) is 0 Å². The van der Waals surface area contributed by atoms with Gasteiger partial charge in [-0.3, -0.25) is 4.90 Å². The SMILES string of the molecule is NCCN(c1nccc(-c2cccs2)n1)C1CCN(Cc2ccc(Cl)c(Cl)c2)CC1. The van der Waals surface area contributed by atoms with E-state index >= 15 is 0 Å². The number of halogens is 2. The summed E-state index contributed by atoms with van der Waals surface area (Å²) >= 11 is 13.9. The molecule has 1 aromatic carbocycles. The van der Waals surface area contributed by atoms with Gasteiger partial charge in [0.05, 0.1) is 20.6 Å². The van der Waals surface area contributed by atoms with E-state index in [1.807, 2.05) is 36.5 Å². The van der Waals surface area contributed by atoms with Gasteiger partial charge in [-0.25, -0.2) is 9.97 Å². The van der Waals surface area contributed by atoms with Crippen molar-refractivity contribution in [2.24, 2.45) is 5.73 Å². The molecule has 3 aromatic rings. The van der Waals surface area contributed by atoms with Crippen molar-refractivity contribution < 1.29 is 0 Å². The largest absolute Gasteiger partial charge is 0.336 e. The van der Waals surface area contributed by atoms with Gasteiger partial charge in [0.15, 0.2) is 0 Å². The van der Waals surface area contributed by atoms with Gasteiger partial charge >= 0.3 is 0 Å². The third-order valence-corrected chi connectivity index (χ3v) is 7.06. The Morgan fingerprint density at radius 3 is 2.67 bits per heavy atom. The third-order valence-electron chi connectivity index (χ3n) is 5.43. The first-order chi connectivity index (χ1) is 14.6. The molecule has 0 radical (unpaired) electrons. The molecule has 8 heteroatoms. The molecule has 5 nitrogen and oxygen atoms in total. The maximum absolute atomic E-state index is 6.17. The summed E-state index contributed by atoms with van der Waals surface area (Å²) in [7, 11) is 0. The quantitative estimate of drug-likeness (QED) is 0.539. The highest BCUT2D eigenvalue weighted by Crippen LogP contribution is 2.27. The topological polar surface area (TPSA) is 58.3 Å².